The summed E-state index contributed by atoms with van der Waals surface area (Å²) in [5, 5.41) is 11.0. The molecule has 188 valence electrons. The molecule has 0 amide bonds. The standard InChI is InChI=1S/C26H22ClN5O4S/c1-16(10-11-28-4)18(3)22-12-19(7-9-23(22)29-5)20-13-24(26(27)30-15-20)31-37(35,36)25-14-21(32(33)34)8-6-17(25)2/h6-15,31H,1,3-5H2,2H3/b11-10-. The van der Waals surface area contributed by atoms with Crippen molar-refractivity contribution in [1.29, 1.82) is 0 Å². The second kappa shape index (κ2) is 11.1. The average Bonchev–Trinajstić information content (AvgIpc) is 2.87. The number of nitrogens with zero attached hydrogens (tertiary/aromatic N) is 4. The van der Waals surface area contributed by atoms with Crippen LogP contribution < -0.4 is 4.72 Å². The zero-order chi connectivity index (χ0) is 27.3. The van der Waals surface area contributed by atoms with Crippen molar-refractivity contribution in [2.45, 2.75) is 11.8 Å². The summed E-state index contributed by atoms with van der Waals surface area (Å²) in [6.07, 6.45) is 4.63. The van der Waals surface area contributed by atoms with E-state index in [9.17, 15) is 18.5 Å². The maximum Gasteiger partial charge on any atom is 0.270 e. The number of nitrogens with one attached hydrogen (secondary N) is 1. The Hall–Kier alpha value is -4.41. The SMILES string of the molecule is C=N/C=C\C(=C)C(=C)c1cc(-c2cnc(Cl)c(NS(=O)(=O)c3cc([N+](=O)[O-])ccc3C)c2)ccc1N=C. The summed E-state index contributed by atoms with van der Waals surface area (Å²) in [5.41, 5.74) is 3.56. The molecule has 1 N–H and O–H groups in total. The number of allylic oxidation sites excluding steroid dienone is 3. The smallest absolute Gasteiger partial charge is 0.270 e. The van der Waals surface area contributed by atoms with Gasteiger partial charge in [-0.25, -0.2) is 13.4 Å². The highest BCUT2D eigenvalue weighted by molar-refractivity contribution is 7.92. The molecule has 1 heterocycles. The number of aryl methyl sites for hydroxylation is 1. The van der Waals surface area contributed by atoms with Gasteiger partial charge in [0.05, 0.1) is 21.2 Å². The monoisotopic (exact) mass is 535 g/mol. The Labute approximate surface area is 219 Å². The summed E-state index contributed by atoms with van der Waals surface area (Å²) in [6, 6.07) is 10.4. The summed E-state index contributed by atoms with van der Waals surface area (Å²) in [7, 11) is -4.22. The topological polar surface area (TPSA) is 127 Å². The number of hydrogen-bond donors (Lipinski definition) is 1. The van der Waals surface area contributed by atoms with E-state index in [2.05, 4.69) is 46.3 Å². The third-order valence-corrected chi connectivity index (χ3v) is 7.16. The molecule has 0 fully saturated rings. The van der Waals surface area contributed by atoms with E-state index in [1.807, 2.05) is 0 Å². The molecule has 1 aromatic heterocycles. The van der Waals surface area contributed by atoms with Crippen molar-refractivity contribution >= 4 is 57.7 Å². The Morgan fingerprint density at radius 1 is 1.14 bits per heavy atom. The van der Waals surface area contributed by atoms with E-state index in [4.69, 9.17) is 11.6 Å². The minimum Gasteiger partial charge on any atom is -0.276 e. The van der Waals surface area contributed by atoms with E-state index >= 15 is 0 Å². The Balaban J connectivity index is 2.04. The summed E-state index contributed by atoms with van der Waals surface area (Å²) in [4.78, 5) is 22.1. The molecule has 0 saturated carbocycles. The summed E-state index contributed by atoms with van der Waals surface area (Å²) in [6.45, 7) is 16.6. The molecule has 0 atom stereocenters. The molecule has 0 radical (unpaired) electrons. The van der Waals surface area contributed by atoms with E-state index in [0.29, 0.717) is 39.1 Å². The number of non-ortho nitro benzene ring substituents is 1. The molecular weight excluding hydrogens is 514 g/mol. The van der Waals surface area contributed by atoms with Gasteiger partial charge >= 0.3 is 0 Å². The van der Waals surface area contributed by atoms with Crippen molar-refractivity contribution in [2.24, 2.45) is 9.98 Å². The van der Waals surface area contributed by atoms with Gasteiger partial charge < -0.3 is 0 Å². The molecule has 2 aromatic carbocycles. The first kappa shape index (κ1) is 27.2. The number of nitro groups is 1. The molecule has 9 nitrogen and oxygen atoms in total. The lowest BCUT2D eigenvalue weighted by Gasteiger charge is -2.14. The maximum absolute atomic E-state index is 13.1. The zero-order valence-corrected chi connectivity index (χ0v) is 21.4. The lowest BCUT2D eigenvalue weighted by atomic mass is 9.95. The van der Waals surface area contributed by atoms with Crippen LogP contribution in [0.1, 0.15) is 11.1 Å². The molecular formula is C26H22ClN5O4S. The van der Waals surface area contributed by atoms with E-state index < -0.39 is 14.9 Å². The van der Waals surface area contributed by atoms with Crippen LogP contribution in [-0.4, -0.2) is 31.8 Å². The van der Waals surface area contributed by atoms with Gasteiger partial charge in [0, 0.05) is 35.7 Å². The van der Waals surface area contributed by atoms with E-state index in [0.717, 1.165) is 6.07 Å². The second-order valence-corrected chi connectivity index (χ2v) is 9.78. The van der Waals surface area contributed by atoms with Crippen LogP contribution in [0.3, 0.4) is 0 Å². The van der Waals surface area contributed by atoms with Crippen molar-refractivity contribution < 1.29 is 13.3 Å². The van der Waals surface area contributed by atoms with Gasteiger partial charge in [-0.05, 0) is 66.9 Å². The van der Waals surface area contributed by atoms with Crippen molar-refractivity contribution in [3.8, 4) is 11.1 Å². The van der Waals surface area contributed by atoms with E-state index in [1.165, 1.54) is 37.5 Å². The van der Waals surface area contributed by atoms with Crippen molar-refractivity contribution in [1.82, 2.24) is 4.98 Å². The quantitative estimate of drug-likeness (QED) is 0.104. The molecule has 11 heteroatoms. The molecule has 3 aromatic rings. The van der Waals surface area contributed by atoms with Crippen LogP contribution in [-0.2, 0) is 10.0 Å². The molecule has 0 aliphatic carbocycles. The molecule has 0 saturated heterocycles. The predicted octanol–water partition coefficient (Wildman–Crippen LogP) is 6.54. The van der Waals surface area contributed by atoms with Gasteiger partial charge in [0.15, 0.2) is 5.15 Å². The number of aliphatic imine (C=N–C) groups is 2. The minimum atomic E-state index is -4.22. The third-order valence-electron chi connectivity index (χ3n) is 5.35. The maximum atomic E-state index is 13.1. The van der Waals surface area contributed by atoms with Crippen LogP contribution in [0.25, 0.3) is 16.7 Å². The fraction of sp³-hybridized carbons (Fsp3) is 0.0385. The van der Waals surface area contributed by atoms with Gasteiger partial charge in [0.25, 0.3) is 15.7 Å². The molecule has 0 bridgehead atoms. The number of anilines is 1. The van der Waals surface area contributed by atoms with Gasteiger partial charge in [-0.3, -0.25) is 24.8 Å². The van der Waals surface area contributed by atoms with Gasteiger partial charge in [0.1, 0.15) is 0 Å². The first-order valence-electron chi connectivity index (χ1n) is 10.5. The molecule has 0 spiro atoms. The fourth-order valence-electron chi connectivity index (χ4n) is 3.38. The lowest BCUT2D eigenvalue weighted by molar-refractivity contribution is -0.385. The highest BCUT2D eigenvalue weighted by Gasteiger charge is 2.22. The average molecular weight is 536 g/mol. The first-order valence-corrected chi connectivity index (χ1v) is 12.4. The summed E-state index contributed by atoms with van der Waals surface area (Å²) in [5.74, 6) is 0. The van der Waals surface area contributed by atoms with Crippen LogP contribution in [0.2, 0.25) is 5.15 Å². The van der Waals surface area contributed by atoms with Crippen LogP contribution >= 0.6 is 11.6 Å². The molecule has 3 rings (SSSR count). The van der Waals surface area contributed by atoms with Crippen molar-refractivity contribution in [3.05, 3.63) is 106 Å². The molecule has 0 aliphatic rings. The number of pyridine rings is 1. The zero-order valence-electron chi connectivity index (χ0n) is 19.8. The Morgan fingerprint density at radius 2 is 1.86 bits per heavy atom. The Kier molecular flexibility index (Phi) is 8.16. The Bertz CT molecular complexity index is 1600. The molecule has 0 aliphatic heterocycles. The first-order chi connectivity index (χ1) is 17.5. The van der Waals surface area contributed by atoms with Crippen LogP contribution in [0, 0.1) is 17.0 Å². The predicted molar refractivity (Wildman–Crippen MR) is 149 cm³/mol. The highest BCUT2D eigenvalue weighted by Crippen LogP contribution is 2.36. The number of rotatable bonds is 10. The normalized spacial score (nSPS) is 11.2. The van der Waals surface area contributed by atoms with Gasteiger partial charge in [0.2, 0.25) is 0 Å². The second-order valence-electron chi connectivity index (χ2n) is 7.77. The van der Waals surface area contributed by atoms with Gasteiger partial charge in [-0.15, -0.1) is 0 Å². The number of benzene rings is 2. The highest BCUT2D eigenvalue weighted by atomic mass is 35.5. The van der Waals surface area contributed by atoms with E-state index in [1.54, 1.807) is 24.3 Å². The largest absolute Gasteiger partial charge is 0.276 e. The van der Waals surface area contributed by atoms with Gasteiger partial charge in [-0.2, -0.15) is 0 Å². The number of hydrogen-bond acceptors (Lipinski definition) is 7. The van der Waals surface area contributed by atoms with Gasteiger partial charge in [-0.1, -0.05) is 36.9 Å². The minimum absolute atomic E-state index is 0.000715. The fourth-order valence-corrected chi connectivity index (χ4v) is 4.91. The Morgan fingerprint density at radius 3 is 2.51 bits per heavy atom. The number of halogens is 1. The lowest BCUT2D eigenvalue weighted by Crippen LogP contribution is -2.15. The number of aromatic nitrogens is 1. The van der Waals surface area contributed by atoms with Crippen LogP contribution in [0.4, 0.5) is 17.1 Å². The third kappa shape index (κ3) is 6.05. The van der Waals surface area contributed by atoms with Crippen molar-refractivity contribution in [2.75, 3.05) is 4.72 Å². The number of sulfonamides is 1. The summed E-state index contributed by atoms with van der Waals surface area (Å²) < 4.78 is 28.6. The number of nitro benzene ring substituents is 1. The van der Waals surface area contributed by atoms with Crippen LogP contribution in [0.15, 0.2) is 94.5 Å². The summed E-state index contributed by atoms with van der Waals surface area (Å²) >= 11 is 6.20. The van der Waals surface area contributed by atoms with Crippen molar-refractivity contribution in [3.63, 3.8) is 0 Å². The van der Waals surface area contributed by atoms with Crippen LogP contribution in [0.5, 0.6) is 0 Å². The van der Waals surface area contributed by atoms with E-state index in [-0.39, 0.29) is 21.4 Å². The molecule has 0 unspecified atom stereocenters. The molecule has 37 heavy (non-hydrogen) atoms.